The molecule has 0 unspecified atom stereocenters. The van der Waals surface area contributed by atoms with Crippen molar-refractivity contribution in [3.05, 3.63) is 35.9 Å². The summed E-state index contributed by atoms with van der Waals surface area (Å²) in [6.45, 7) is 1.73. The van der Waals surface area contributed by atoms with E-state index in [0.717, 1.165) is 36.7 Å². The lowest BCUT2D eigenvalue weighted by Crippen LogP contribution is -2.53. The van der Waals surface area contributed by atoms with Crippen LogP contribution in [0.3, 0.4) is 0 Å². The third-order valence-corrected chi connectivity index (χ3v) is 7.60. The van der Waals surface area contributed by atoms with Gasteiger partial charge in [-0.15, -0.1) is 0 Å². The number of amides is 1. The molecular formula is C22H28BrNO3. The number of benzene rings is 1. The number of rotatable bonds is 6. The number of alkyl halides is 1. The van der Waals surface area contributed by atoms with Gasteiger partial charge in [0, 0.05) is 4.32 Å². The third-order valence-electron chi connectivity index (χ3n) is 6.67. The maximum Gasteiger partial charge on any atom is 0.306 e. The van der Waals surface area contributed by atoms with E-state index >= 15 is 0 Å². The van der Waals surface area contributed by atoms with E-state index in [0.29, 0.717) is 6.42 Å². The van der Waals surface area contributed by atoms with Crippen molar-refractivity contribution in [3.63, 3.8) is 0 Å². The predicted molar refractivity (Wildman–Crippen MR) is 107 cm³/mol. The summed E-state index contributed by atoms with van der Waals surface area (Å²) in [5.41, 5.74) is 1.12. The Morgan fingerprint density at radius 3 is 2.48 bits per heavy atom. The summed E-state index contributed by atoms with van der Waals surface area (Å²) in [6, 6.07) is 9.68. The number of hydrogen-bond acceptors (Lipinski definition) is 3. The summed E-state index contributed by atoms with van der Waals surface area (Å²) in [6.07, 6.45) is 7.63. The van der Waals surface area contributed by atoms with Gasteiger partial charge in [-0.3, -0.25) is 9.59 Å². The van der Waals surface area contributed by atoms with E-state index in [4.69, 9.17) is 4.74 Å². The van der Waals surface area contributed by atoms with Gasteiger partial charge in [-0.05, 0) is 68.3 Å². The molecule has 0 heterocycles. The predicted octanol–water partition coefficient (Wildman–Crippen LogP) is 4.53. The van der Waals surface area contributed by atoms with Crippen LogP contribution in [-0.2, 0) is 14.3 Å². The number of ether oxygens (including phenoxy) is 1. The molecule has 27 heavy (non-hydrogen) atoms. The molecule has 5 rings (SSSR count). The first-order valence-electron chi connectivity index (χ1n) is 10.0. The van der Waals surface area contributed by atoms with Gasteiger partial charge in [0.25, 0.3) is 5.91 Å². The van der Waals surface area contributed by atoms with E-state index in [2.05, 4.69) is 21.2 Å². The van der Waals surface area contributed by atoms with Crippen molar-refractivity contribution >= 4 is 27.8 Å². The molecule has 0 aromatic heterocycles. The van der Waals surface area contributed by atoms with E-state index < -0.39 is 0 Å². The number of nitrogens with one attached hydrogen (secondary N) is 1. The molecule has 1 aromatic carbocycles. The summed E-state index contributed by atoms with van der Waals surface area (Å²) in [7, 11) is 0. The first-order chi connectivity index (χ1) is 12.8. The molecule has 0 spiro atoms. The fourth-order valence-electron chi connectivity index (χ4n) is 6.15. The van der Waals surface area contributed by atoms with Gasteiger partial charge in [0.05, 0.1) is 12.5 Å². The average Bonchev–Trinajstić information content (AvgIpc) is 2.58. The Morgan fingerprint density at radius 2 is 1.85 bits per heavy atom. The number of carbonyl (C=O) groups is 2. The zero-order valence-electron chi connectivity index (χ0n) is 15.9. The van der Waals surface area contributed by atoms with Crippen molar-refractivity contribution in [3.8, 4) is 0 Å². The van der Waals surface area contributed by atoms with Crippen LogP contribution in [0.4, 0.5) is 0 Å². The van der Waals surface area contributed by atoms with Gasteiger partial charge < -0.3 is 10.1 Å². The molecule has 0 saturated heterocycles. The highest BCUT2D eigenvalue weighted by Crippen LogP contribution is 2.65. The maximum absolute atomic E-state index is 12.5. The largest absolute Gasteiger partial charge is 0.456 e. The van der Waals surface area contributed by atoms with E-state index in [1.54, 1.807) is 0 Å². The lowest BCUT2D eigenvalue weighted by Gasteiger charge is -2.60. The maximum atomic E-state index is 12.5. The van der Waals surface area contributed by atoms with Gasteiger partial charge in [-0.1, -0.05) is 46.3 Å². The highest BCUT2D eigenvalue weighted by atomic mass is 79.9. The molecule has 1 aromatic rings. The molecule has 4 aliphatic rings. The molecule has 1 amide bonds. The first kappa shape index (κ1) is 19.0. The fourth-order valence-corrected chi connectivity index (χ4v) is 7.66. The molecule has 3 atom stereocenters. The molecule has 0 radical (unpaired) electrons. The molecule has 5 heteroatoms. The number of esters is 1. The average molecular weight is 434 g/mol. The van der Waals surface area contributed by atoms with E-state index in [1.165, 1.54) is 19.3 Å². The van der Waals surface area contributed by atoms with Crippen LogP contribution in [0.25, 0.3) is 0 Å². The minimum atomic E-state index is -0.248. The number of halogens is 1. The summed E-state index contributed by atoms with van der Waals surface area (Å²) in [5.74, 6) is 1.01. The van der Waals surface area contributed by atoms with Gasteiger partial charge >= 0.3 is 5.97 Å². The highest BCUT2D eigenvalue weighted by Gasteiger charge is 2.57. The molecule has 4 nitrogen and oxygen atoms in total. The second-order valence-corrected chi connectivity index (χ2v) is 10.8. The van der Waals surface area contributed by atoms with E-state index in [-0.39, 0.29) is 34.3 Å². The van der Waals surface area contributed by atoms with Gasteiger partial charge in [-0.2, -0.15) is 0 Å². The third kappa shape index (κ3) is 4.23. The lowest BCUT2D eigenvalue weighted by atomic mass is 9.49. The van der Waals surface area contributed by atoms with Crippen LogP contribution in [0.1, 0.15) is 63.5 Å². The zero-order chi connectivity index (χ0) is 19.1. The number of carbonyl (C=O) groups excluding carboxylic acids is 2. The fraction of sp³-hybridized carbons (Fsp3) is 0.636. The van der Waals surface area contributed by atoms with Gasteiger partial charge in [0.2, 0.25) is 0 Å². The molecule has 4 aliphatic carbocycles. The van der Waals surface area contributed by atoms with Crippen LogP contribution in [0.2, 0.25) is 0 Å². The minimum absolute atomic E-state index is 0.0818. The van der Waals surface area contributed by atoms with Crippen LogP contribution >= 0.6 is 15.9 Å². The quantitative estimate of drug-likeness (QED) is 0.529. The molecular weight excluding hydrogens is 406 g/mol. The second kappa shape index (κ2) is 7.23. The summed E-state index contributed by atoms with van der Waals surface area (Å²) in [5, 5.41) is 2.89. The second-order valence-electron chi connectivity index (χ2n) is 9.15. The van der Waals surface area contributed by atoms with Gasteiger partial charge in [0.1, 0.15) is 0 Å². The normalized spacial score (nSPS) is 34.9. The van der Waals surface area contributed by atoms with Gasteiger partial charge in [-0.25, -0.2) is 0 Å². The van der Waals surface area contributed by atoms with Crippen LogP contribution in [-0.4, -0.2) is 22.8 Å². The smallest absolute Gasteiger partial charge is 0.306 e. The number of hydrogen-bond donors (Lipinski definition) is 1. The molecule has 146 valence electrons. The van der Waals surface area contributed by atoms with Crippen molar-refractivity contribution in [1.82, 2.24) is 5.32 Å². The Balaban J connectivity index is 1.27. The first-order valence-corrected chi connectivity index (χ1v) is 10.8. The van der Waals surface area contributed by atoms with Crippen LogP contribution < -0.4 is 5.32 Å². The Hall–Kier alpha value is -1.36. The van der Waals surface area contributed by atoms with Gasteiger partial charge in [0.15, 0.2) is 6.61 Å². The monoisotopic (exact) mass is 433 g/mol. The molecule has 4 saturated carbocycles. The van der Waals surface area contributed by atoms with Crippen molar-refractivity contribution in [2.45, 2.75) is 62.2 Å². The molecule has 4 fully saturated rings. The molecule has 4 bridgehead atoms. The Labute approximate surface area is 169 Å². The van der Waals surface area contributed by atoms with Crippen molar-refractivity contribution in [2.24, 2.45) is 17.3 Å². The SMILES string of the molecule is C[C@@H](NC(=O)COC(=O)CC12C[C@H]3C[C@@H](CC(Br)(C3)C1)C2)c1ccccc1. The van der Waals surface area contributed by atoms with Crippen LogP contribution in [0, 0.1) is 17.3 Å². The summed E-state index contributed by atoms with van der Waals surface area (Å²) in [4.78, 5) is 24.6. The standard InChI is InChI=1S/C22H28BrNO3/c1-15(18-5-3-2-4-6-18)24-19(25)13-27-20(26)12-21-8-16-7-17(9-21)11-22(23,10-16)14-21/h2-6,15-17H,7-14H2,1H3,(H,24,25)/t15-,16-,17-,21?,22?/m1/s1. The zero-order valence-corrected chi connectivity index (χ0v) is 17.5. The topological polar surface area (TPSA) is 55.4 Å². The summed E-state index contributed by atoms with van der Waals surface area (Å²) >= 11 is 3.98. The minimum Gasteiger partial charge on any atom is -0.456 e. The van der Waals surface area contributed by atoms with E-state index in [9.17, 15) is 9.59 Å². The van der Waals surface area contributed by atoms with E-state index in [1.807, 2.05) is 37.3 Å². The van der Waals surface area contributed by atoms with Crippen molar-refractivity contribution < 1.29 is 14.3 Å². The van der Waals surface area contributed by atoms with Crippen LogP contribution in [0.5, 0.6) is 0 Å². The Kier molecular flexibility index (Phi) is 5.08. The van der Waals surface area contributed by atoms with Crippen LogP contribution in [0.15, 0.2) is 30.3 Å². The highest BCUT2D eigenvalue weighted by molar-refractivity contribution is 9.10. The Morgan fingerprint density at radius 1 is 1.19 bits per heavy atom. The van der Waals surface area contributed by atoms with Crippen molar-refractivity contribution in [2.75, 3.05) is 6.61 Å². The lowest BCUT2D eigenvalue weighted by molar-refractivity contribution is -0.154. The summed E-state index contributed by atoms with van der Waals surface area (Å²) < 4.78 is 5.58. The Bertz CT molecular complexity index is 706. The molecule has 0 aliphatic heterocycles. The van der Waals surface area contributed by atoms with Crippen molar-refractivity contribution in [1.29, 1.82) is 0 Å². The molecule has 1 N–H and O–H groups in total.